The minimum atomic E-state index is -0.476. The average Bonchev–Trinajstić information content (AvgIpc) is 2.44. The lowest BCUT2D eigenvalue weighted by Gasteiger charge is -2.06. The van der Waals surface area contributed by atoms with E-state index < -0.39 is 5.82 Å². The zero-order valence-corrected chi connectivity index (χ0v) is 12.1. The number of hydrogen-bond acceptors (Lipinski definition) is 1. The minimum Gasteiger partial charge on any atom is -0.352 e. The normalized spacial score (nSPS) is 10.3. The van der Waals surface area contributed by atoms with E-state index in [4.69, 9.17) is 0 Å². The van der Waals surface area contributed by atoms with Gasteiger partial charge in [-0.05, 0) is 58.2 Å². The number of rotatable bonds is 4. The van der Waals surface area contributed by atoms with Gasteiger partial charge >= 0.3 is 0 Å². The number of carbonyl (C=O) groups excluding carboxylic acids is 1. The molecule has 0 radical (unpaired) electrons. The molecule has 0 unspecified atom stereocenters. The van der Waals surface area contributed by atoms with Crippen LogP contribution in [-0.2, 0) is 6.42 Å². The summed E-state index contributed by atoms with van der Waals surface area (Å²) in [5.74, 6) is -1.10. The molecular weight excluding hydrogens is 328 g/mol. The average molecular weight is 340 g/mol. The molecule has 104 valence electrons. The van der Waals surface area contributed by atoms with Crippen molar-refractivity contribution in [2.24, 2.45) is 0 Å². The smallest absolute Gasteiger partial charge is 0.251 e. The van der Waals surface area contributed by atoms with Crippen LogP contribution in [0.3, 0.4) is 0 Å². The second-order valence-corrected chi connectivity index (χ2v) is 5.12. The largest absolute Gasteiger partial charge is 0.352 e. The van der Waals surface area contributed by atoms with E-state index in [0.29, 0.717) is 17.4 Å². The van der Waals surface area contributed by atoms with E-state index in [9.17, 15) is 13.6 Å². The van der Waals surface area contributed by atoms with Crippen LogP contribution in [0.15, 0.2) is 46.9 Å². The van der Waals surface area contributed by atoms with Gasteiger partial charge in [0.1, 0.15) is 11.6 Å². The van der Waals surface area contributed by atoms with Gasteiger partial charge in [0.2, 0.25) is 0 Å². The lowest BCUT2D eigenvalue weighted by atomic mass is 10.1. The molecule has 0 saturated carbocycles. The van der Waals surface area contributed by atoms with Gasteiger partial charge in [-0.15, -0.1) is 0 Å². The topological polar surface area (TPSA) is 29.1 Å². The summed E-state index contributed by atoms with van der Waals surface area (Å²) in [6.45, 7) is 0.405. The third-order valence-electron chi connectivity index (χ3n) is 2.79. The molecule has 0 aliphatic heterocycles. The molecular formula is C15H12BrF2NO. The Morgan fingerprint density at radius 1 is 1.10 bits per heavy atom. The van der Waals surface area contributed by atoms with E-state index in [1.165, 1.54) is 24.3 Å². The summed E-state index contributed by atoms with van der Waals surface area (Å²) in [6, 6.07) is 10.3. The highest BCUT2D eigenvalue weighted by Crippen LogP contribution is 2.16. The van der Waals surface area contributed by atoms with E-state index >= 15 is 0 Å². The molecule has 0 aliphatic carbocycles. The number of hydrogen-bond donors (Lipinski definition) is 1. The van der Waals surface area contributed by atoms with Crippen molar-refractivity contribution in [1.29, 1.82) is 0 Å². The van der Waals surface area contributed by atoms with Crippen molar-refractivity contribution >= 4 is 21.8 Å². The molecule has 0 heterocycles. The zero-order valence-electron chi connectivity index (χ0n) is 10.5. The van der Waals surface area contributed by atoms with Gasteiger partial charge in [-0.3, -0.25) is 4.79 Å². The molecule has 0 fully saturated rings. The van der Waals surface area contributed by atoms with Crippen LogP contribution in [0.5, 0.6) is 0 Å². The SMILES string of the molecule is O=C(NCCc1ccc(F)cc1)c1ccc(Br)c(F)c1. The third kappa shape index (κ3) is 3.87. The monoisotopic (exact) mass is 339 g/mol. The molecule has 0 atom stereocenters. The molecule has 0 saturated heterocycles. The Balaban J connectivity index is 1.88. The fraction of sp³-hybridized carbons (Fsp3) is 0.133. The molecule has 2 nitrogen and oxygen atoms in total. The molecule has 1 N–H and O–H groups in total. The Morgan fingerprint density at radius 3 is 2.45 bits per heavy atom. The summed E-state index contributed by atoms with van der Waals surface area (Å²) in [6.07, 6.45) is 0.588. The van der Waals surface area contributed by atoms with E-state index in [-0.39, 0.29) is 17.3 Å². The van der Waals surface area contributed by atoms with Crippen LogP contribution >= 0.6 is 15.9 Å². The molecule has 2 aromatic carbocycles. The Morgan fingerprint density at radius 2 is 1.80 bits per heavy atom. The van der Waals surface area contributed by atoms with Gasteiger partial charge in [-0.25, -0.2) is 8.78 Å². The van der Waals surface area contributed by atoms with Crippen molar-refractivity contribution in [3.63, 3.8) is 0 Å². The van der Waals surface area contributed by atoms with Crippen LogP contribution in [0.4, 0.5) is 8.78 Å². The predicted molar refractivity (Wildman–Crippen MR) is 76.5 cm³/mol. The maximum Gasteiger partial charge on any atom is 0.251 e. The van der Waals surface area contributed by atoms with Crippen molar-refractivity contribution in [3.05, 3.63) is 69.7 Å². The number of benzene rings is 2. The molecule has 0 spiro atoms. The molecule has 0 aromatic heterocycles. The van der Waals surface area contributed by atoms with Crippen molar-refractivity contribution in [1.82, 2.24) is 5.32 Å². The van der Waals surface area contributed by atoms with E-state index in [2.05, 4.69) is 21.2 Å². The Bertz CT molecular complexity index is 614. The lowest BCUT2D eigenvalue weighted by molar-refractivity contribution is 0.0953. The fourth-order valence-corrected chi connectivity index (χ4v) is 1.96. The second kappa shape index (κ2) is 6.61. The Hall–Kier alpha value is -1.75. The number of amides is 1. The summed E-state index contributed by atoms with van der Waals surface area (Å²) in [7, 11) is 0. The highest BCUT2D eigenvalue weighted by Gasteiger charge is 2.08. The molecule has 0 aliphatic rings. The van der Waals surface area contributed by atoms with Crippen LogP contribution in [0, 0.1) is 11.6 Å². The molecule has 0 bridgehead atoms. The molecule has 20 heavy (non-hydrogen) atoms. The van der Waals surface area contributed by atoms with Crippen molar-refractivity contribution in [3.8, 4) is 0 Å². The molecule has 2 rings (SSSR count). The highest BCUT2D eigenvalue weighted by atomic mass is 79.9. The van der Waals surface area contributed by atoms with E-state index in [1.54, 1.807) is 18.2 Å². The second-order valence-electron chi connectivity index (χ2n) is 4.26. The molecule has 1 amide bonds. The van der Waals surface area contributed by atoms with Crippen LogP contribution < -0.4 is 5.32 Å². The summed E-state index contributed by atoms with van der Waals surface area (Å²) in [4.78, 5) is 11.8. The summed E-state index contributed by atoms with van der Waals surface area (Å²) in [5, 5.41) is 2.69. The van der Waals surface area contributed by atoms with Crippen molar-refractivity contribution in [2.75, 3.05) is 6.54 Å². The summed E-state index contributed by atoms with van der Waals surface area (Å²) >= 11 is 3.03. The summed E-state index contributed by atoms with van der Waals surface area (Å²) < 4.78 is 26.3. The van der Waals surface area contributed by atoms with Gasteiger partial charge in [0.25, 0.3) is 5.91 Å². The van der Waals surface area contributed by atoms with Gasteiger partial charge < -0.3 is 5.32 Å². The van der Waals surface area contributed by atoms with Gasteiger partial charge in [-0.1, -0.05) is 12.1 Å². The predicted octanol–water partition coefficient (Wildman–Crippen LogP) is 3.70. The number of carbonyl (C=O) groups is 1. The van der Waals surface area contributed by atoms with Crippen molar-refractivity contribution in [2.45, 2.75) is 6.42 Å². The van der Waals surface area contributed by atoms with Crippen LogP contribution in [-0.4, -0.2) is 12.5 Å². The van der Waals surface area contributed by atoms with Crippen LogP contribution in [0.2, 0.25) is 0 Å². The molecule has 5 heteroatoms. The van der Waals surface area contributed by atoms with Crippen molar-refractivity contribution < 1.29 is 13.6 Å². The number of nitrogens with one attached hydrogen (secondary N) is 1. The first-order chi connectivity index (χ1) is 9.56. The third-order valence-corrected chi connectivity index (χ3v) is 3.44. The van der Waals surface area contributed by atoms with Crippen LogP contribution in [0.1, 0.15) is 15.9 Å². The van der Waals surface area contributed by atoms with Gasteiger partial charge in [0.05, 0.1) is 4.47 Å². The van der Waals surface area contributed by atoms with E-state index in [0.717, 1.165) is 5.56 Å². The lowest BCUT2D eigenvalue weighted by Crippen LogP contribution is -2.25. The highest BCUT2D eigenvalue weighted by molar-refractivity contribution is 9.10. The standard InChI is InChI=1S/C15H12BrF2NO/c16-13-6-3-11(9-14(13)18)15(20)19-8-7-10-1-4-12(17)5-2-10/h1-6,9H,7-8H2,(H,19,20). The summed E-state index contributed by atoms with van der Waals surface area (Å²) in [5.41, 5.74) is 1.19. The van der Waals surface area contributed by atoms with Gasteiger partial charge in [-0.2, -0.15) is 0 Å². The maximum atomic E-state index is 13.3. The first-order valence-electron chi connectivity index (χ1n) is 6.04. The zero-order chi connectivity index (χ0) is 14.5. The minimum absolute atomic E-state index is 0.268. The Kier molecular flexibility index (Phi) is 4.84. The fourth-order valence-electron chi connectivity index (χ4n) is 1.71. The van der Waals surface area contributed by atoms with Crippen LogP contribution in [0.25, 0.3) is 0 Å². The Labute approximate surface area is 123 Å². The first kappa shape index (κ1) is 14.7. The maximum absolute atomic E-state index is 13.3. The van der Waals surface area contributed by atoms with Gasteiger partial charge in [0.15, 0.2) is 0 Å². The molecule has 2 aromatic rings. The van der Waals surface area contributed by atoms with E-state index in [1.807, 2.05) is 0 Å². The number of halogens is 3. The quantitative estimate of drug-likeness (QED) is 0.904. The first-order valence-corrected chi connectivity index (χ1v) is 6.83. The van der Waals surface area contributed by atoms with Gasteiger partial charge in [0, 0.05) is 12.1 Å².